The summed E-state index contributed by atoms with van der Waals surface area (Å²) in [5, 5.41) is 1.09. The fraction of sp³-hybridized carbons (Fsp3) is 0.429. The Kier molecular flexibility index (Phi) is 5.00. The van der Waals surface area contributed by atoms with Gasteiger partial charge in [-0.25, -0.2) is 9.59 Å². The number of ether oxygens (including phenoxy) is 2. The summed E-state index contributed by atoms with van der Waals surface area (Å²) in [6.07, 6.45) is 4.63. The van der Waals surface area contributed by atoms with E-state index in [1.165, 1.54) is 12.7 Å². The number of esters is 1. The van der Waals surface area contributed by atoms with E-state index in [2.05, 4.69) is 12.3 Å². The number of methoxy groups -OCH3 is 1. The van der Waals surface area contributed by atoms with Crippen molar-refractivity contribution in [2.24, 2.45) is 7.05 Å². The predicted octanol–water partition coefficient (Wildman–Crippen LogP) is 3.99. The van der Waals surface area contributed by atoms with Crippen molar-refractivity contribution < 1.29 is 19.1 Å². The van der Waals surface area contributed by atoms with Crippen molar-refractivity contribution in [2.45, 2.75) is 32.8 Å². The highest BCUT2D eigenvalue weighted by Crippen LogP contribution is 2.31. The highest BCUT2D eigenvalue weighted by Gasteiger charge is 2.24. The molecule has 144 valence electrons. The van der Waals surface area contributed by atoms with Gasteiger partial charge in [-0.1, -0.05) is 12.1 Å². The third kappa shape index (κ3) is 3.99. The molecule has 1 aromatic heterocycles. The molecule has 0 unspecified atom stereocenters. The summed E-state index contributed by atoms with van der Waals surface area (Å²) in [6.45, 7) is 6.76. The van der Waals surface area contributed by atoms with Gasteiger partial charge in [0, 0.05) is 42.8 Å². The first kappa shape index (κ1) is 19.0. The van der Waals surface area contributed by atoms with Crippen LogP contribution in [-0.4, -0.2) is 47.3 Å². The minimum absolute atomic E-state index is 0.279. The van der Waals surface area contributed by atoms with Gasteiger partial charge in [-0.15, -0.1) is 0 Å². The van der Waals surface area contributed by atoms with Crippen molar-refractivity contribution in [1.82, 2.24) is 9.47 Å². The van der Waals surface area contributed by atoms with Crippen LogP contribution in [0.3, 0.4) is 0 Å². The maximum atomic E-state index is 12.2. The smallest absolute Gasteiger partial charge is 0.410 e. The molecule has 0 N–H and O–H groups in total. The summed E-state index contributed by atoms with van der Waals surface area (Å²) in [4.78, 5) is 25.7. The second kappa shape index (κ2) is 7.10. The topological polar surface area (TPSA) is 60.8 Å². The minimum Gasteiger partial charge on any atom is -0.465 e. The van der Waals surface area contributed by atoms with E-state index in [1.807, 2.05) is 44.5 Å². The Hall–Kier alpha value is -2.76. The molecule has 1 aromatic carbocycles. The molecule has 0 saturated carbocycles. The summed E-state index contributed by atoms with van der Waals surface area (Å²) in [7, 11) is 3.34. The molecule has 2 heterocycles. The molecule has 1 amide bonds. The van der Waals surface area contributed by atoms with Crippen molar-refractivity contribution in [1.29, 1.82) is 0 Å². The zero-order valence-electron chi connectivity index (χ0n) is 16.5. The molecule has 0 spiro atoms. The Balaban J connectivity index is 1.84. The lowest BCUT2D eigenvalue weighted by Gasteiger charge is -2.29. The second-order valence-electron chi connectivity index (χ2n) is 7.78. The highest BCUT2D eigenvalue weighted by molar-refractivity contribution is 5.99. The first-order chi connectivity index (χ1) is 12.7. The van der Waals surface area contributed by atoms with Crippen molar-refractivity contribution in [3.63, 3.8) is 0 Å². The number of hydrogen-bond donors (Lipinski definition) is 0. The van der Waals surface area contributed by atoms with Crippen LogP contribution < -0.4 is 0 Å². The van der Waals surface area contributed by atoms with Gasteiger partial charge >= 0.3 is 12.1 Å². The highest BCUT2D eigenvalue weighted by atomic mass is 16.6. The quantitative estimate of drug-likeness (QED) is 0.750. The number of nitrogens with zero attached hydrogens (tertiary/aromatic N) is 2. The molecule has 27 heavy (non-hydrogen) atoms. The van der Waals surface area contributed by atoms with Gasteiger partial charge in [-0.2, -0.15) is 0 Å². The van der Waals surface area contributed by atoms with Crippen LogP contribution >= 0.6 is 0 Å². The van der Waals surface area contributed by atoms with Gasteiger partial charge in [0.15, 0.2) is 0 Å². The summed E-state index contributed by atoms with van der Waals surface area (Å²) in [5.74, 6) is -0.343. The zero-order chi connectivity index (χ0) is 19.8. The molecule has 0 aliphatic carbocycles. The number of carbonyl (C=O) groups is 2. The summed E-state index contributed by atoms with van der Waals surface area (Å²) in [6, 6.07) is 5.59. The van der Waals surface area contributed by atoms with Gasteiger partial charge < -0.3 is 18.9 Å². The Morgan fingerprint density at radius 1 is 1.19 bits per heavy atom. The predicted molar refractivity (Wildman–Crippen MR) is 105 cm³/mol. The molecule has 0 radical (unpaired) electrons. The number of aryl methyl sites for hydroxylation is 1. The summed E-state index contributed by atoms with van der Waals surface area (Å²) >= 11 is 0. The Morgan fingerprint density at radius 3 is 2.52 bits per heavy atom. The molecule has 6 nitrogen and oxygen atoms in total. The minimum atomic E-state index is -0.492. The van der Waals surface area contributed by atoms with E-state index in [0.29, 0.717) is 18.7 Å². The van der Waals surface area contributed by atoms with Crippen molar-refractivity contribution >= 4 is 28.5 Å². The van der Waals surface area contributed by atoms with Gasteiger partial charge in [-0.3, -0.25) is 0 Å². The molecule has 1 aliphatic heterocycles. The van der Waals surface area contributed by atoms with E-state index < -0.39 is 5.60 Å². The molecule has 0 fully saturated rings. The number of carbonyl (C=O) groups excluding carboxylic acids is 2. The van der Waals surface area contributed by atoms with Crippen molar-refractivity contribution in [3.8, 4) is 0 Å². The van der Waals surface area contributed by atoms with Crippen LogP contribution in [0.4, 0.5) is 4.79 Å². The van der Waals surface area contributed by atoms with Gasteiger partial charge in [0.05, 0.1) is 12.7 Å². The van der Waals surface area contributed by atoms with Crippen molar-refractivity contribution in [3.05, 3.63) is 41.6 Å². The first-order valence-electron chi connectivity index (χ1n) is 9.04. The fourth-order valence-electron chi connectivity index (χ4n) is 3.29. The van der Waals surface area contributed by atoms with Gasteiger partial charge in [0.2, 0.25) is 0 Å². The van der Waals surface area contributed by atoms with Crippen LogP contribution in [0, 0.1) is 0 Å². The number of rotatable bonds is 2. The molecule has 3 rings (SSSR count). The average Bonchev–Trinajstić information content (AvgIpc) is 2.96. The van der Waals surface area contributed by atoms with Crippen LogP contribution in [0.25, 0.3) is 16.5 Å². The molecular formula is C21H26N2O4. The number of hydrogen-bond acceptors (Lipinski definition) is 4. The van der Waals surface area contributed by atoms with E-state index in [4.69, 9.17) is 9.47 Å². The molecule has 0 atom stereocenters. The normalized spacial score (nSPS) is 14.9. The Labute approximate surface area is 159 Å². The maximum Gasteiger partial charge on any atom is 0.410 e. The molecule has 0 saturated heterocycles. The third-order valence-electron chi connectivity index (χ3n) is 4.62. The fourth-order valence-corrected chi connectivity index (χ4v) is 3.29. The first-order valence-corrected chi connectivity index (χ1v) is 9.04. The van der Waals surface area contributed by atoms with Crippen LogP contribution in [-0.2, 0) is 16.5 Å². The monoisotopic (exact) mass is 370 g/mol. The maximum absolute atomic E-state index is 12.2. The number of aromatic nitrogens is 1. The van der Waals surface area contributed by atoms with Gasteiger partial charge in [0.25, 0.3) is 0 Å². The van der Waals surface area contributed by atoms with Crippen LogP contribution in [0.15, 0.2) is 30.5 Å². The lowest BCUT2D eigenvalue weighted by atomic mass is 9.98. The van der Waals surface area contributed by atoms with E-state index in [0.717, 1.165) is 22.9 Å². The SMILES string of the molecule is COC(=O)c1ccc2c(C3=CCN(C(=O)OC(C)(C)C)CC3)cn(C)c2c1. The second-order valence-corrected chi connectivity index (χ2v) is 7.78. The summed E-state index contributed by atoms with van der Waals surface area (Å²) < 4.78 is 12.3. The number of amides is 1. The third-order valence-corrected chi connectivity index (χ3v) is 4.62. The molecular weight excluding hydrogens is 344 g/mol. The molecule has 2 aromatic rings. The van der Waals surface area contributed by atoms with Crippen molar-refractivity contribution in [2.75, 3.05) is 20.2 Å². The standard InChI is InChI=1S/C21H26N2O4/c1-21(2,3)27-20(25)23-10-8-14(9-11-23)17-13-22(4)18-12-15(19(24)26-5)6-7-16(17)18/h6-8,12-13H,9-11H2,1-5H3. The summed E-state index contributed by atoms with van der Waals surface area (Å²) in [5.41, 5.74) is 3.35. The van der Waals surface area contributed by atoms with E-state index >= 15 is 0 Å². The lowest BCUT2D eigenvalue weighted by molar-refractivity contribution is 0.0270. The number of fused-ring (bicyclic) bond motifs is 1. The molecule has 1 aliphatic rings. The van der Waals surface area contributed by atoms with Gasteiger partial charge in [-0.05, 0) is 44.9 Å². The van der Waals surface area contributed by atoms with Crippen LogP contribution in [0.5, 0.6) is 0 Å². The van der Waals surface area contributed by atoms with Crippen LogP contribution in [0.1, 0.15) is 43.1 Å². The number of benzene rings is 1. The molecule has 6 heteroatoms. The Bertz CT molecular complexity index is 918. The largest absolute Gasteiger partial charge is 0.465 e. The van der Waals surface area contributed by atoms with E-state index in [-0.39, 0.29) is 12.1 Å². The van der Waals surface area contributed by atoms with Gasteiger partial charge in [0.1, 0.15) is 5.60 Å². The molecule has 0 bridgehead atoms. The lowest BCUT2D eigenvalue weighted by Crippen LogP contribution is -2.39. The van der Waals surface area contributed by atoms with E-state index in [9.17, 15) is 9.59 Å². The average molecular weight is 370 g/mol. The van der Waals surface area contributed by atoms with E-state index in [1.54, 1.807) is 11.0 Å². The van der Waals surface area contributed by atoms with Crippen LogP contribution in [0.2, 0.25) is 0 Å². The zero-order valence-corrected chi connectivity index (χ0v) is 16.5. The Morgan fingerprint density at radius 2 is 1.93 bits per heavy atom.